The summed E-state index contributed by atoms with van der Waals surface area (Å²) in [6.07, 6.45) is 2.74. The Morgan fingerprint density at radius 3 is 2.90 bits per heavy atom. The second-order valence-corrected chi connectivity index (χ2v) is 7.63. The van der Waals surface area contributed by atoms with E-state index < -0.39 is 15.1 Å². The average Bonchev–Trinajstić information content (AvgIpc) is 2.99. The van der Waals surface area contributed by atoms with Gasteiger partial charge in [-0.1, -0.05) is 0 Å². The molecule has 1 aliphatic heterocycles. The van der Waals surface area contributed by atoms with Gasteiger partial charge in [-0.3, -0.25) is 0 Å². The second kappa shape index (κ2) is 5.42. The first-order valence-corrected chi connectivity index (χ1v) is 8.83. The number of ether oxygens (including phenoxy) is 1. The fourth-order valence-electron chi connectivity index (χ4n) is 2.67. The van der Waals surface area contributed by atoms with Gasteiger partial charge in [0.15, 0.2) is 21.0 Å². The lowest BCUT2D eigenvalue weighted by Gasteiger charge is -2.12. The molecule has 1 unspecified atom stereocenters. The Morgan fingerprint density at radius 2 is 2.29 bits per heavy atom. The third kappa shape index (κ3) is 2.46. The fraction of sp³-hybridized carbons (Fsp3) is 0.583. The topological polar surface area (TPSA) is 87.0 Å². The van der Waals surface area contributed by atoms with E-state index in [4.69, 9.17) is 16.3 Å². The van der Waals surface area contributed by atoms with E-state index in [1.54, 1.807) is 4.57 Å². The maximum atomic E-state index is 12.0. The highest BCUT2D eigenvalue weighted by Crippen LogP contribution is 2.27. The van der Waals surface area contributed by atoms with Gasteiger partial charge in [0.25, 0.3) is 0 Å². The van der Waals surface area contributed by atoms with Crippen molar-refractivity contribution in [2.75, 3.05) is 12.9 Å². The van der Waals surface area contributed by atoms with Gasteiger partial charge in [0.2, 0.25) is 5.88 Å². The number of imidazole rings is 1. The van der Waals surface area contributed by atoms with Crippen molar-refractivity contribution in [1.82, 2.24) is 19.5 Å². The number of halogens is 1. The Balaban J connectivity index is 2.09. The first-order valence-electron chi connectivity index (χ1n) is 6.58. The van der Waals surface area contributed by atoms with E-state index in [1.165, 1.54) is 13.4 Å². The first-order chi connectivity index (χ1) is 10.1. The standard InChI is InChI=1S/C12H15ClN4O3S/c1-20-12-10-11(14-7-15-12)17(9(5-13)16-10)6-8-3-2-4-21(8,18)19/h7-8H,2-6H2,1H3. The first kappa shape index (κ1) is 14.5. The second-order valence-electron chi connectivity index (χ2n) is 4.96. The van der Waals surface area contributed by atoms with Gasteiger partial charge in [-0.05, 0) is 12.8 Å². The molecule has 0 amide bonds. The van der Waals surface area contributed by atoms with Crippen molar-refractivity contribution >= 4 is 32.6 Å². The molecular weight excluding hydrogens is 316 g/mol. The number of nitrogens with zero attached hydrogens (tertiary/aromatic N) is 4. The summed E-state index contributed by atoms with van der Waals surface area (Å²) in [6.45, 7) is 0.320. The molecule has 0 N–H and O–H groups in total. The molecule has 1 fully saturated rings. The van der Waals surface area contributed by atoms with E-state index in [0.29, 0.717) is 42.3 Å². The Morgan fingerprint density at radius 1 is 1.48 bits per heavy atom. The van der Waals surface area contributed by atoms with Gasteiger partial charge in [-0.25, -0.2) is 18.4 Å². The zero-order chi connectivity index (χ0) is 15.0. The third-order valence-electron chi connectivity index (χ3n) is 3.74. The Labute approximate surface area is 127 Å². The van der Waals surface area contributed by atoms with Gasteiger partial charge in [-0.15, -0.1) is 11.6 Å². The highest BCUT2D eigenvalue weighted by molar-refractivity contribution is 7.92. The van der Waals surface area contributed by atoms with Gasteiger partial charge in [0.05, 0.1) is 24.0 Å². The maximum Gasteiger partial charge on any atom is 0.245 e. The van der Waals surface area contributed by atoms with Gasteiger partial charge >= 0.3 is 0 Å². The number of rotatable bonds is 4. The Bertz CT molecular complexity index is 774. The summed E-state index contributed by atoms with van der Waals surface area (Å²) < 4.78 is 31.0. The molecule has 0 bridgehead atoms. The van der Waals surface area contributed by atoms with Crippen LogP contribution in [0.25, 0.3) is 11.2 Å². The van der Waals surface area contributed by atoms with E-state index in [1.807, 2.05) is 0 Å². The zero-order valence-corrected chi connectivity index (χ0v) is 13.1. The number of hydrogen-bond acceptors (Lipinski definition) is 6. The van der Waals surface area contributed by atoms with Gasteiger partial charge in [0, 0.05) is 6.54 Å². The lowest BCUT2D eigenvalue weighted by Crippen LogP contribution is -2.23. The molecule has 3 rings (SSSR count). The number of methoxy groups -OCH3 is 1. The number of sulfone groups is 1. The van der Waals surface area contributed by atoms with E-state index in [2.05, 4.69) is 15.0 Å². The SMILES string of the molecule is COc1ncnc2c1nc(CCl)n2CC1CCCS1(=O)=O. The lowest BCUT2D eigenvalue weighted by molar-refractivity contribution is 0.401. The number of hydrogen-bond donors (Lipinski definition) is 0. The minimum absolute atomic E-state index is 0.173. The molecule has 114 valence electrons. The molecule has 2 aromatic rings. The van der Waals surface area contributed by atoms with Crippen molar-refractivity contribution in [3.8, 4) is 5.88 Å². The Kier molecular flexibility index (Phi) is 3.75. The minimum Gasteiger partial charge on any atom is -0.479 e. The van der Waals surface area contributed by atoms with Crippen LogP contribution in [-0.4, -0.2) is 46.0 Å². The molecule has 0 aliphatic carbocycles. The van der Waals surface area contributed by atoms with Crippen LogP contribution in [0.2, 0.25) is 0 Å². The molecule has 1 atom stereocenters. The quantitative estimate of drug-likeness (QED) is 0.782. The van der Waals surface area contributed by atoms with E-state index >= 15 is 0 Å². The molecule has 9 heteroatoms. The van der Waals surface area contributed by atoms with E-state index in [0.717, 1.165) is 0 Å². The van der Waals surface area contributed by atoms with Crippen LogP contribution in [0.3, 0.4) is 0 Å². The molecule has 0 aromatic carbocycles. The van der Waals surface area contributed by atoms with Crippen molar-refractivity contribution in [3.63, 3.8) is 0 Å². The molecule has 1 saturated heterocycles. The maximum absolute atomic E-state index is 12.0. The van der Waals surface area contributed by atoms with Crippen LogP contribution in [0.5, 0.6) is 5.88 Å². The van der Waals surface area contributed by atoms with Crippen molar-refractivity contribution in [2.45, 2.75) is 30.5 Å². The van der Waals surface area contributed by atoms with Gasteiger partial charge < -0.3 is 9.30 Å². The highest BCUT2D eigenvalue weighted by atomic mass is 35.5. The fourth-order valence-corrected chi connectivity index (χ4v) is 4.68. The van der Waals surface area contributed by atoms with Crippen LogP contribution in [0.15, 0.2) is 6.33 Å². The summed E-state index contributed by atoms with van der Waals surface area (Å²) in [6, 6.07) is 0. The summed E-state index contributed by atoms with van der Waals surface area (Å²) in [5.41, 5.74) is 1.06. The molecule has 0 spiro atoms. The summed E-state index contributed by atoms with van der Waals surface area (Å²) in [7, 11) is -1.54. The zero-order valence-electron chi connectivity index (χ0n) is 11.5. The minimum atomic E-state index is -3.04. The smallest absolute Gasteiger partial charge is 0.245 e. The van der Waals surface area contributed by atoms with Crippen molar-refractivity contribution in [3.05, 3.63) is 12.2 Å². The van der Waals surface area contributed by atoms with Crippen LogP contribution in [-0.2, 0) is 22.3 Å². The lowest BCUT2D eigenvalue weighted by atomic mass is 10.2. The van der Waals surface area contributed by atoms with Crippen LogP contribution in [0, 0.1) is 0 Å². The van der Waals surface area contributed by atoms with Crippen molar-refractivity contribution in [1.29, 1.82) is 0 Å². The van der Waals surface area contributed by atoms with E-state index in [9.17, 15) is 8.42 Å². The molecule has 21 heavy (non-hydrogen) atoms. The predicted molar refractivity (Wildman–Crippen MR) is 78.2 cm³/mol. The molecule has 3 heterocycles. The number of fused-ring (bicyclic) bond motifs is 1. The van der Waals surface area contributed by atoms with Crippen LogP contribution in [0.1, 0.15) is 18.7 Å². The average molecular weight is 331 g/mol. The number of aromatic nitrogens is 4. The molecule has 7 nitrogen and oxygen atoms in total. The molecule has 1 aliphatic rings. The normalized spacial score (nSPS) is 21.0. The monoisotopic (exact) mass is 330 g/mol. The van der Waals surface area contributed by atoms with E-state index in [-0.39, 0.29) is 11.6 Å². The third-order valence-corrected chi connectivity index (χ3v) is 6.24. The van der Waals surface area contributed by atoms with Crippen LogP contribution >= 0.6 is 11.6 Å². The van der Waals surface area contributed by atoms with Gasteiger partial charge in [0.1, 0.15) is 12.2 Å². The van der Waals surface area contributed by atoms with Crippen molar-refractivity contribution < 1.29 is 13.2 Å². The summed E-state index contributed by atoms with van der Waals surface area (Å²) >= 11 is 5.93. The Hall–Kier alpha value is -1.41. The summed E-state index contributed by atoms with van der Waals surface area (Å²) in [4.78, 5) is 12.6. The van der Waals surface area contributed by atoms with Crippen LogP contribution in [0.4, 0.5) is 0 Å². The van der Waals surface area contributed by atoms with Gasteiger partial charge in [-0.2, -0.15) is 4.98 Å². The summed E-state index contributed by atoms with van der Waals surface area (Å²) in [5.74, 6) is 1.36. The van der Waals surface area contributed by atoms with Crippen LogP contribution < -0.4 is 4.74 Å². The summed E-state index contributed by atoms with van der Waals surface area (Å²) in [5, 5.41) is -0.405. The highest BCUT2D eigenvalue weighted by Gasteiger charge is 2.32. The molecule has 0 radical (unpaired) electrons. The molecule has 0 saturated carbocycles. The largest absolute Gasteiger partial charge is 0.479 e. The molecular formula is C12H15ClN4O3S. The number of alkyl halides is 1. The predicted octanol–water partition coefficient (Wildman–Crippen LogP) is 1.15. The molecule has 2 aromatic heterocycles. The van der Waals surface area contributed by atoms with Crippen molar-refractivity contribution in [2.24, 2.45) is 0 Å².